The van der Waals surface area contributed by atoms with E-state index in [4.69, 9.17) is 13.9 Å². The van der Waals surface area contributed by atoms with Gasteiger partial charge in [0.2, 0.25) is 5.89 Å². The maximum Gasteiger partial charge on any atom is 0.251 e. The predicted octanol–water partition coefficient (Wildman–Crippen LogP) is 6.38. The number of benzene rings is 1. The first kappa shape index (κ1) is 23.1. The molecule has 0 radical (unpaired) electrons. The second-order valence-corrected chi connectivity index (χ2v) is 8.55. The second kappa shape index (κ2) is 11.2. The van der Waals surface area contributed by atoms with Crippen molar-refractivity contribution in [3.05, 3.63) is 23.6 Å². The van der Waals surface area contributed by atoms with Crippen LogP contribution < -0.4 is 9.47 Å². The van der Waals surface area contributed by atoms with Gasteiger partial charge >= 0.3 is 0 Å². The first-order valence-electron chi connectivity index (χ1n) is 11.7. The average molecular weight is 426 g/mol. The Kier molecular flexibility index (Phi) is 8.34. The van der Waals surface area contributed by atoms with E-state index in [0.717, 1.165) is 42.6 Å². The fourth-order valence-corrected chi connectivity index (χ4v) is 3.98. The minimum absolute atomic E-state index is 0.393. The molecule has 0 N–H and O–H groups in total. The highest BCUT2D eigenvalue weighted by molar-refractivity contribution is 5.66. The Labute approximate surface area is 186 Å². The Morgan fingerprint density at radius 3 is 2.16 bits per heavy atom. The molecule has 1 heterocycles. The summed E-state index contributed by atoms with van der Waals surface area (Å²) in [5.41, 5.74) is 1.27. The SMILES string of the molecule is CCCCCCCCCCCc1cc(-c2nnc(C3(C#N)CC3)o2)c(OC)cc1OC. The summed E-state index contributed by atoms with van der Waals surface area (Å²) in [5.74, 6) is 2.24. The molecule has 1 aromatic heterocycles. The third-order valence-corrected chi connectivity index (χ3v) is 6.18. The monoisotopic (exact) mass is 425 g/mol. The van der Waals surface area contributed by atoms with Gasteiger partial charge in [0.25, 0.3) is 5.89 Å². The zero-order valence-electron chi connectivity index (χ0n) is 19.2. The van der Waals surface area contributed by atoms with Crippen LogP contribution in [-0.2, 0) is 11.8 Å². The number of methoxy groups -OCH3 is 2. The lowest BCUT2D eigenvalue weighted by Crippen LogP contribution is -2.02. The minimum Gasteiger partial charge on any atom is -0.496 e. The van der Waals surface area contributed by atoms with Gasteiger partial charge in [-0.1, -0.05) is 58.3 Å². The molecule has 0 unspecified atom stereocenters. The van der Waals surface area contributed by atoms with Crippen molar-refractivity contribution in [1.82, 2.24) is 10.2 Å². The number of nitriles is 1. The summed E-state index contributed by atoms with van der Waals surface area (Å²) in [6.45, 7) is 2.26. The Morgan fingerprint density at radius 1 is 0.935 bits per heavy atom. The van der Waals surface area contributed by atoms with Crippen LogP contribution in [0.5, 0.6) is 11.5 Å². The lowest BCUT2D eigenvalue weighted by Gasteiger charge is -2.13. The van der Waals surface area contributed by atoms with Crippen LogP contribution in [-0.4, -0.2) is 24.4 Å². The molecular formula is C25H35N3O3. The molecule has 0 amide bonds. The van der Waals surface area contributed by atoms with Crippen molar-refractivity contribution in [2.24, 2.45) is 0 Å². The second-order valence-electron chi connectivity index (χ2n) is 8.55. The van der Waals surface area contributed by atoms with Gasteiger partial charge in [0, 0.05) is 6.07 Å². The van der Waals surface area contributed by atoms with Crippen molar-refractivity contribution in [2.75, 3.05) is 14.2 Å². The van der Waals surface area contributed by atoms with Crippen molar-refractivity contribution in [3.8, 4) is 29.0 Å². The van der Waals surface area contributed by atoms with Gasteiger partial charge < -0.3 is 13.9 Å². The molecule has 1 aliphatic rings. The molecule has 31 heavy (non-hydrogen) atoms. The number of aromatic nitrogens is 2. The summed E-state index contributed by atoms with van der Waals surface area (Å²) in [5, 5.41) is 17.7. The van der Waals surface area contributed by atoms with Gasteiger partial charge in [0.15, 0.2) is 0 Å². The first-order chi connectivity index (χ1) is 15.2. The van der Waals surface area contributed by atoms with Gasteiger partial charge in [0.1, 0.15) is 16.9 Å². The van der Waals surface area contributed by atoms with E-state index in [1.807, 2.05) is 12.1 Å². The third kappa shape index (κ3) is 5.78. The molecule has 168 valence electrons. The van der Waals surface area contributed by atoms with Crippen molar-refractivity contribution in [1.29, 1.82) is 5.26 Å². The summed E-state index contributed by atoms with van der Waals surface area (Å²) in [4.78, 5) is 0. The van der Waals surface area contributed by atoms with E-state index in [2.05, 4.69) is 23.2 Å². The van der Waals surface area contributed by atoms with E-state index in [9.17, 15) is 5.26 Å². The van der Waals surface area contributed by atoms with E-state index in [-0.39, 0.29) is 0 Å². The maximum atomic E-state index is 9.40. The fraction of sp³-hybridized carbons (Fsp3) is 0.640. The van der Waals surface area contributed by atoms with E-state index in [0.29, 0.717) is 17.5 Å². The first-order valence-corrected chi connectivity index (χ1v) is 11.7. The minimum atomic E-state index is -0.593. The lowest BCUT2D eigenvalue weighted by molar-refractivity contribution is 0.389. The summed E-state index contributed by atoms with van der Waals surface area (Å²) in [6, 6.07) is 6.22. The van der Waals surface area contributed by atoms with E-state index in [1.165, 1.54) is 51.4 Å². The Balaban J connectivity index is 1.63. The molecule has 0 spiro atoms. The van der Waals surface area contributed by atoms with Gasteiger partial charge in [-0.05, 0) is 37.3 Å². The molecule has 1 aromatic carbocycles. The van der Waals surface area contributed by atoms with Crippen LogP contribution in [0.1, 0.15) is 89.0 Å². The number of hydrogen-bond acceptors (Lipinski definition) is 6. The number of ether oxygens (including phenoxy) is 2. The molecule has 3 rings (SSSR count). The molecule has 6 nitrogen and oxygen atoms in total. The highest BCUT2D eigenvalue weighted by Crippen LogP contribution is 2.47. The van der Waals surface area contributed by atoms with Gasteiger partial charge in [-0.2, -0.15) is 5.26 Å². The summed E-state index contributed by atoms with van der Waals surface area (Å²) >= 11 is 0. The molecule has 6 heteroatoms. The van der Waals surface area contributed by atoms with Gasteiger partial charge in [0.05, 0.1) is 25.9 Å². The summed E-state index contributed by atoms with van der Waals surface area (Å²) < 4.78 is 17.1. The van der Waals surface area contributed by atoms with Crippen LogP contribution in [0.4, 0.5) is 0 Å². The van der Waals surface area contributed by atoms with Crippen molar-refractivity contribution in [3.63, 3.8) is 0 Å². The molecule has 0 aliphatic heterocycles. The van der Waals surface area contributed by atoms with E-state index < -0.39 is 5.41 Å². The van der Waals surface area contributed by atoms with Crippen molar-refractivity contribution in [2.45, 2.75) is 89.4 Å². The number of hydrogen-bond donors (Lipinski definition) is 0. The highest BCUT2D eigenvalue weighted by Gasteiger charge is 2.50. The van der Waals surface area contributed by atoms with Gasteiger partial charge in [-0.15, -0.1) is 10.2 Å². The van der Waals surface area contributed by atoms with E-state index in [1.54, 1.807) is 14.2 Å². The standard InChI is InChI=1S/C25H35N3O3/c1-4-5-6-7-8-9-10-11-12-13-19-16-20(22(30-3)17-21(19)29-2)23-27-28-24(31-23)25(18-26)14-15-25/h16-17H,4-15H2,1-3H3. The molecule has 1 aliphatic carbocycles. The maximum absolute atomic E-state index is 9.40. The average Bonchev–Trinajstić information content (AvgIpc) is 3.45. The Morgan fingerprint density at radius 2 is 1.58 bits per heavy atom. The normalized spacial score (nSPS) is 14.3. The van der Waals surface area contributed by atoms with Crippen LogP contribution >= 0.6 is 0 Å². The Hall–Kier alpha value is -2.55. The molecule has 1 saturated carbocycles. The molecule has 0 atom stereocenters. The van der Waals surface area contributed by atoms with Crippen molar-refractivity contribution < 1.29 is 13.9 Å². The van der Waals surface area contributed by atoms with Crippen LogP contribution in [0, 0.1) is 11.3 Å². The quantitative estimate of drug-likeness (QED) is 0.327. The van der Waals surface area contributed by atoms with Crippen LogP contribution in [0.15, 0.2) is 16.5 Å². The fourth-order valence-electron chi connectivity index (χ4n) is 3.98. The number of rotatable bonds is 14. The summed E-state index contributed by atoms with van der Waals surface area (Å²) in [7, 11) is 3.30. The smallest absolute Gasteiger partial charge is 0.251 e. The van der Waals surface area contributed by atoms with Gasteiger partial charge in [-0.25, -0.2) is 0 Å². The zero-order chi connectivity index (χ0) is 22.1. The lowest BCUT2D eigenvalue weighted by atomic mass is 10.0. The largest absolute Gasteiger partial charge is 0.496 e. The van der Waals surface area contributed by atoms with Crippen molar-refractivity contribution >= 4 is 0 Å². The molecule has 2 aromatic rings. The molecule has 0 saturated heterocycles. The highest BCUT2D eigenvalue weighted by atomic mass is 16.5. The third-order valence-electron chi connectivity index (χ3n) is 6.18. The molecule has 1 fully saturated rings. The van der Waals surface area contributed by atoms with Crippen LogP contribution in [0.25, 0.3) is 11.5 Å². The summed E-state index contributed by atoms with van der Waals surface area (Å²) in [6.07, 6.45) is 14.1. The van der Waals surface area contributed by atoms with Gasteiger partial charge in [-0.3, -0.25) is 0 Å². The topological polar surface area (TPSA) is 81.2 Å². The van der Waals surface area contributed by atoms with Crippen LogP contribution in [0.3, 0.4) is 0 Å². The number of unbranched alkanes of at least 4 members (excludes halogenated alkanes) is 8. The molecule has 0 bridgehead atoms. The Bertz CT molecular complexity index is 881. The number of aryl methyl sites for hydroxylation is 1. The zero-order valence-corrected chi connectivity index (χ0v) is 19.2. The molecular weight excluding hydrogens is 390 g/mol. The van der Waals surface area contributed by atoms with Crippen LogP contribution in [0.2, 0.25) is 0 Å². The number of nitrogens with zero attached hydrogens (tertiary/aromatic N) is 3. The van der Waals surface area contributed by atoms with E-state index >= 15 is 0 Å². The predicted molar refractivity (Wildman–Crippen MR) is 120 cm³/mol.